The van der Waals surface area contributed by atoms with Crippen LogP contribution in [0, 0.1) is 0 Å². The molecule has 10 aromatic carbocycles. The summed E-state index contributed by atoms with van der Waals surface area (Å²) in [5.41, 5.74) is 4.21. The molecule has 4 fully saturated rings. The van der Waals surface area contributed by atoms with Crippen LogP contribution in [-0.4, -0.2) is 220 Å². The van der Waals surface area contributed by atoms with E-state index in [9.17, 15) is 34.2 Å². The van der Waals surface area contributed by atoms with Crippen LogP contribution in [0.1, 0.15) is 205 Å². The second kappa shape index (κ2) is 55.9. The van der Waals surface area contributed by atoms with Crippen LogP contribution in [0.25, 0.3) is 0 Å². The summed E-state index contributed by atoms with van der Waals surface area (Å²) in [7, 11) is 8.59. The fraction of sp³-hybridized carbons (Fsp3) is 0.404. The number of carbonyl (C=O) groups excluding carboxylic acids is 3. The van der Waals surface area contributed by atoms with Gasteiger partial charge in [0.15, 0.2) is 0 Å². The van der Waals surface area contributed by atoms with E-state index in [1.807, 2.05) is 289 Å². The number of nitrogens with one attached hydrogen (secondary N) is 1. The van der Waals surface area contributed by atoms with Crippen molar-refractivity contribution in [1.29, 1.82) is 0 Å². The van der Waals surface area contributed by atoms with E-state index in [0.717, 1.165) is 38.5 Å². The van der Waals surface area contributed by atoms with E-state index in [-0.39, 0.29) is 62.2 Å². The maximum atomic E-state index is 12.6. The Balaban J connectivity index is 0.000000361. The summed E-state index contributed by atoms with van der Waals surface area (Å²) < 4.78 is 82.4. The molecule has 2 amide bonds. The first kappa shape index (κ1) is 124. The van der Waals surface area contributed by atoms with Gasteiger partial charge < -0.3 is 111 Å². The Morgan fingerprint density at radius 3 is 0.664 bits per heavy atom. The van der Waals surface area contributed by atoms with Gasteiger partial charge in [0, 0.05) is 56.0 Å². The number of aliphatic carboxylic acids is 2. The Morgan fingerprint density at radius 1 is 0.322 bits per heavy atom. The number of carboxylic acids is 2. The fourth-order valence-electron chi connectivity index (χ4n) is 13.8. The topological polar surface area (TPSA) is 347 Å². The first-order valence-corrected chi connectivity index (χ1v) is 46.6. The van der Waals surface area contributed by atoms with Gasteiger partial charge in [-0.2, -0.15) is 0 Å². The molecule has 764 valence electrons. The van der Waals surface area contributed by atoms with Gasteiger partial charge in [0.1, 0.15) is 28.7 Å². The van der Waals surface area contributed by atoms with E-state index in [2.05, 4.69) is 31.0 Å². The number of nitrogens with zero attached hydrogens (tertiary/aromatic N) is 3. The number of esters is 1. The quantitative estimate of drug-likeness (QED) is 0.0225. The largest absolute Gasteiger partial charge is 1.00 e. The molecule has 4 heterocycles. The Hall–Kier alpha value is -11.0. The second-order valence-corrected chi connectivity index (χ2v) is 37.9. The summed E-state index contributed by atoms with van der Waals surface area (Å²) in [6.45, 7) is 42.3. The van der Waals surface area contributed by atoms with Crippen molar-refractivity contribution in [3.8, 4) is 28.7 Å². The SMILES string of the molecule is C.C.CC1(C)OB(c2ccc(OC(C(=O)O)c3ccccc3)cc2)OC1(C)C.CC1(C)OB(c2ccc(OC(C(=O)O)c3ccccc3)cc2)OC1(C)C.CCN(CC)CC.CN(C)C(=O)C(Oc1ccc(B(O)O)cc1)c1ccccc1.CN(C)C(=O)C(Oc1ccc(B2OC(C)(C)C(C)(C)O2)cc1)c1ccccc1.CNC.COC(=O)C(Oc1ccc(B2OC(C)(C)C(C)(C)O2)cc1)c1ccccc1.[Li+].[OH-]. The summed E-state index contributed by atoms with van der Waals surface area (Å²) in [6.07, 6.45) is -4.38. The molecule has 6 N–H and O–H groups in total. The zero-order chi connectivity index (χ0) is 103. The standard InChI is InChI=1S/C22H28BNO4.C21H25BO5.2C20H23BO5.C16H18BNO4.C6H15N.C2H7N.2CH4.Li.H2O/c1-21(2)22(3,4)28-23(27-21)17-12-14-18(15-13-17)26-19(20(25)24(5)6)16-10-8-7-9-11-16;1-20(2)21(3,4)27-22(26-20)16-11-13-17(14-12-16)25-18(19(23)24-5)15-9-7-6-8-10-15;2*1-19(2)20(3,4)26-21(25-19)15-10-12-16(13-11-15)24-17(18(22)23)14-8-6-5-7-9-14;1-18(2)16(19)15(12-6-4-3-5-7-12)22-14-10-8-13(9-11-14)17(20)21;1-4-7(5-2)6-3;1-3-2;;;;/h7-15,19H,1-6H3;6-14,18H,1-5H3;2*5-13,17H,1-4H3,(H,22,23);3-11,15,20-21H,1-2H3;4-6H2,1-3H3;3H,1-2H3;2*1H4;;1H2/q;;;;;;;;;+1;/p-1. The van der Waals surface area contributed by atoms with Crippen LogP contribution in [0.4, 0.5) is 0 Å². The van der Waals surface area contributed by atoms with Gasteiger partial charge in [-0.25, -0.2) is 14.4 Å². The number of rotatable bonds is 28. The third kappa shape index (κ3) is 34.6. The van der Waals surface area contributed by atoms with Crippen LogP contribution >= 0.6 is 0 Å². The number of hydrogen-bond donors (Lipinski definition) is 5. The zero-order valence-corrected chi connectivity index (χ0v) is 86.7. The maximum absolute atomic E-state index is 12.6. The molecule has 10 aromatic rings. The number of likely N-dealkylation sites (N-methyl/N-ethyl adjacent to an activating group) is 2. The van der Waals surface area contributed by atoms with E-state index in [4.69, 9.17) is 75.7 Å². The van der Waals surface area contributed by atoms with Crippen LogP contribution < -0.4 is 75.2 Å². The van der Waals surface area contributed by atoms with Gasteiger partial charge >= 0.3 is 72.4 Å². The number of benzene rings is 10. The zero-order valence-electron chi connectivity index (χ0n) is 86.7. The molecule has 5 atom stereocenters. The molecular formula is C109H148B5LiN4O24. The minimum absolute atomic E-state index is 0. The molecule has 34 heteroatoms. The minimum atomic E-state index is -1.53. The molecule has 14 rings (SSSR count). The van der Waals surface area contributed by atoms with Crippen LogP contribution in [0.3, 0.4) is 0 Å². The van der Waals surface area contributed by atoms with Crippen LogP contribution in [0.2, 0.25) is 0 Å². The van der Waals surface area contributed by atoms with E-state index < -0.39 is 118 Å². The molecule has 4 saturated heterocycles. The van der Waals surface area contributed by atoms with Crippen molar-refractivity contribution in [2.24, 2.45) is 0 Å². The molecule has 143 heavy (non-hydrogen) atoms. The summed E-state index contributed by atoms with van der Waals surface area (Å²) in [5.74, 6) is -0.192. The molecule has 28 nitrogen and oxygen atoms in total. The second-order valence-electron chi connectivity index (χ2n) is 37.9. The minimum Gasteiger partial charge on any atom is -0.870 e. The van der Waals surface area contributed by atoms with Crippen LogP contribution in [0.5, 0.6) is 28.7 Å². The van der Waals surface area contributed by atoms with Crippen LogP contribution in [-0.2, 0) is 65.9 Å². The smallest absolute Gasteiger partial charge is 0.870 e. The first-order chi connectivity index (χ1) is 65.5. The van der Waals surface area contributed by atoms with Crippen molar-refractivity contribution in [3.63, 3.8) is 0 Å². The van der Waals surface area contributed by atoms with Gasteiger partial charge in [-0.3, -0.25) is 9.59 Å². The number of hydrogen-bond acceptors (Lipinski definition) is 24. The van der Waals surface area contributed by atoms with Gasteiger partial charge in [0.2, 0.25) is 30.5 Å². The molecule has 0 saturated carbocycles. The summed E-state index contributed by atoms with van der Waals surface area (Å²) in [4.78, 5) is 65.6. The van der Waals surface area contributed by atoms with Gasteiger partial charge in [-0.15, -0.1) is 0 Å². The Labute approximate surface area is 861 Å². The molecule has 4 aliphatic heterocycles. The van der Waals surface area contributed by atoms with Gasteiger partial charge in [-0.1, -0.05) is 248 Å². The monoisotopic (exact) mass is 1960 g/mol. The third-order valence-corrected chi connectivity index (χ3v) is 25.1. The van der Waals surface area contributed by atoms with Crippen LogP contribution in [0.15, 0.2) is 273 Å². The third-order valence-electron chi connectivity index (χ3n) is 25.1. The number of amides is 2. The summed E-state index contributed by atoms with van der Waals surface area (Å²) in [6, 6.07) is 81.2. The van der Waals surface area contributed by atoms with Gasteiger partial charge in [-0.05, 0) is 232 Å². The van der Waals surface area contributed by atoms with Crippen molar-refractivity contribution in [2.75, 3.05) is 69.0 Å². The Morgan fingerprint density at radius 2 is 0.497 bits per heavy atom. The van der Waals surface area contributed by atoms with E-state index >= 15 is 0 Å². The number of carboxylic acid groups (broad SMARTS) is 2. The number of methoxy groups -OCH3 is 1. The maximum Gasteiger partial charge on any atom is 1.00 e. The van der Waals surface area contributed by atoms with E-state index in [0.29, 0.717) is 45.3 Å². The summed E-state index contributed by atoms with van der Waals surface area (Å²) >= 11 is 0. The molecule has 0 aliphatic carbocycles. The molecule has 0 bridgehead atoms. The molecule has 0 radical (unpaired) electrons. The molecule has 4 aliphatic rings. The predicted molar refractivity (Wildman–Crippen MR) is 562 cm³/mol. The number of ether oxygens (including phenoxy) is 6. The van der Waals surface area contributed by atoms with Crippen molar-refractivity contribution >= 4 is 92.6 Å². The van der Waals surface area contributed by atoms with Gasteiger partial charge in [0.05, 0.1) is 51.9 Å². The molecule has 5 unspecified atom stereocenters. The Bertz CT molecular complexity index is 5250. The average Bonchev–Trinajstić information content (AvgIpc) is 1.64. The van der Waals surface area contributed by atoms with Crippen molar-refractivity contribution in [1.82, 2.24) is 20.0 Å². The van der Waals surface area contributed by atoms with E-state index in [1.165, 1.54) is 36.5 Å². The van der Waals surface area contributed by atoms with Crippen molar-refractivity contribution < 1.29 is 134 Å². The fourth-order valence-corrected chi connectivity index (χ4v) is 13.8. The molecule has 0 spiro atoms. The average molecular weight is 1960 g/mol. The Kier molecular flexibility index (Phi) is 48.5. The first-order valence-electron chi connectivity index (χ1n) is 46.6. The molecular weight excluding hydrogens is 1810 g/mol. The van der Waals surface area contributed by atoms with Crippen molar-refractivity contribution in [2.45, 2.75) is 222 Å². The normalized spacial score (nSPS) is 16.6. The van der Waals surface area contributed by atoms with E-state index in [1.54, 1.807) is 137 Å². The van der Waals surface area contributed by atoms with Gasteiger partial charge in [0.25, 0.3) is 11.8 Å². The summed E-state index contributed by atoms with van der Waals surface area (Å²) in [5, 5.41) is 39.9. The van der Waals surface area contributed by atoms with Crippen molar-refractivity contribution in [3.05, 3.63) is 301 Å². The predicted octanol–water partition coefficient (Wildman–Crippen LogP) is 12.7. The molecule has 0 aromatic heterocycles. The number of carbonyl (C=O) groups is 5.